The molecule has 0 aliphatic carbocycles. The molecule has 2 aromatic rings. The molecule has 2 amide bonds. The summed E-state index contributed by atoms with van der Waals surface area (Å²) in [6.45, 7) is 7.67. The van der Waals surface area contributed by atoms with Crippen LogP contribution in [0.15, 0.2) is 35.7 Å². The first-order chi connectivity index (χ1) is 14.0. The highest BCUT2D eigenvalue weighted by atomic mass is 32.1. The third-order valence-electron chi connectivity index (χ3n) is 5.49. The lowest BCUT2D eigenvalue weighted by Gasteiger charge is -2.34. The van der Waals surface area contributed by atoms with Gasteiger partial charge >= 0.3 is 0 Å². The summed E-state index contributed by atoms with van der Waals surface area (Å²) in [5.41, 5.74) is 1.93. The quantitative estimate of drug-likeness (QED) is 0.743. The van der Waals surface area contributed by atoms with E-state index in [1.807, 2.05) is 40.6 Å². The fraction of sp³-hybridized carbons (Fsp3) is 0.522. The van der Waals surface area contributed by atoms with Gasteiger partial charge in [-0.25, -0.2) is 4.98 Å². The second-order valence-electron chi connectivity index (χ2n) is 8.05. The molecule has 1 atom stereocenters. The van der Waals surface area contributed by atoms with Gasteiger partial charge in [0.05, 0.1) is 23.0 Å². The molecule has 156 valence electrons. The first-order valence-corrected chi connectivity index (χ1v) is 11.4. The van der Waals surface area contributed by atoms with Crippen molar-refractivity contribution < 1.29 is 9.59 Å². The van der Waals surface area contributed by atoms with Gasteiger partial charge in [-0.3, -0.25) is 9.59 Å². The average molecular weight is 414 g/mol. The first-order valence-electron chi connectivity index (χ1n) is 10.5. The molecule has 1 aliphatic heterocycles. The summed E-state index contributed by atoms with van der Waals surface area (Å²) < 4.78 is 0. The van der Waals surface area contributed by atoms with Gasteiger partial charge in [0.25, 0.3) is 0 Å². The second-order valence-corrected chi connectivity index (χ2v) is 8.94. The lowest BCUT2D eigenvalue weighted by molar-refractivity contribution is -0.134. The van der Waals surface area contributed by atoms with E-state index in [0.717, 1.165) is 35.5 Å². The Bertz CT molecular complexity index is 811. The van der Waals surface area contributed by atoms with Crippen LogP contribution >= 0.6 is 11.3 Å². The number of carbonyl (C=O) groups is 2. The summed E-state index contributed by atoms with van der Waals surface area (Å²) in [5, 5.41) is 6.18. The number of aromatic nitrogens is 1. The van der Waals surface area contributed by atoms with Crippen LogP contribution < -0.4 is 5.32 Å². The number of hydrogen-bond acceptors (Lipinski definition) is 4. The Labute approximate surface area is 177 Å². The van der Waals surface area contributed by atoms with Crippen molar-refractivity contribution in [2.75, 3.05) is 13.1 Å². The Hall–Kier alpha value is -2.21. The number of benzene rings is 1. The van der Waals surface area contributed by atoms with Crippen molar-refractivity contribution in [3.63, 3.8) is 0 Å². The number of amides is 2. The third-order valence-corrected chi connectivity index (χ3v) is 6.68. The van der Waals surface area contributed by atoms with Crippen LogP contribution in [-0.2, 0) is 16.0 Å². The highest BCUT2D eigenvalue weighted by molar-refractivity contribution is 7.09. The SMILES string of the molecule is CCC(C(=O)N1CCC(NC(=O)Cc2csc(C(C)C)n2)CC1)c1ccccc1. The Balaban J connectivity index is 1.48. The molecule has 0 spiro atoms. The second kappa shape index (κ2) is 10.0. The normalized spacial score (nSPS) is 16.1. The molecule has 0 bridgehead atoms. The van der Waals surface area contributed by atoms with Crippen LogP contribution in [-0.4, -0.2) is 40.8 Å². The van der Waals surface area contributed by atoms with E-state index in [2.05, 4.69) is 31.1 Å². The molecule has 1 unspecified atom stereocenters. The minimum Gasteiger partial charge on any atom is -0.353 e. The van der Waals surface area contributed by atoms with E-state index in [0.29, 0.717) is 25.4 Å². The maximum atomic E-state index is 13.0. The molecule has 1 aliphatic rings. The van der Waals surface area contributed by atoms with Gasteiger partial charge in [-0.2, -0.15) is 0 Å². The molecule has 0 radical (unpaired) electrons. The summed E-state index contributed by atoms with van der Waals surface area (Å²) in [4.78, 5) is 31.9. The number of nitrogens with zero attached hydrogens (tertiary/aromatic N) is 2. The summed E-state index contributed by atoms with van der Waals surface area (Å²) in [6.07, 6.45) is 2.73. The molecule has 0 saturated carbocycles. The number of rotatable bonds is 7. The van der Waals surface area contributed by atoms with Crippen molar-refractivity contribution in [3.8, 4) is 0 Å². The Morgan fingerprint density at radius 3 is 2.48 bits per heavy atom. The van der Waals surface area contributed by atoms with E-state index < -0.39 is 0 Å². The fourth-order valence-electron chi connectivity index (χ4n) is 3.82. The molecular weight excluding hydrogens is 382 g/mol. The number of thiazole rings is 1. The molecule has 1 N–H and O–H groups in total. The predicted molar refractivity (Wildman–Crippen MR) is 117 cm³/mol. The third kappa shape index (κ3) is 5.66. The minimum atomic E-state index is -0.0813. The zero-order valence-electron chi connectivity index (χ0n) is 17.6. The van der Waals surface area contributed by atoms with E-state index in [1.54, 1.807) is 11.3 Å². The van der Waals surface area contributed by atoms with Crippen molar-refractivity contribution in [3.05, 3.63) is 52.0 Å². The van der Waals surface area contributed by atoms with Crippen molar-refractivity contribution in [1.82, 2.24) is 15.2 Å². The molecule has 29 heavy (non-hydrogen) atoms. The highest BCUT2D eigenvalue weighted by Crippen LogP contribution is 2.24. The molecule has 2 heterocycles. The molecule has 1 aromatic carbocycles. The monoisotopic (exact) mass is 413 g/mol. The smallest absolute Gasteiger partial charge is 0.230 e. The molecule has 1 saturated heterocycles. The van der Waals surface area contributed by atoms with Crippen LogP contribution in [0.25, 0.3) is 0 Å². The molecule has 1 fully saturated rings. The fourth-order valence-corrected chi connectivity index (χ4v) is 4.65. The summed E-state index contributed by atoms with van der Waals surface area (Å²) in [5.74, 6) is 0.530. The summed E-state index contributed by atoms with van der Waals surface area (Å²) in [6, 6.07) is 10.1. The van der Waals surface area contributed by atoms with Crippen LogP contribution in [0.2, 0.25) is 0 Å². The van der Waals surface area contributed by atoms with Gasteiger partial charge in [-0.15, -0.1) is 11.3 Å². The number of piperidine rings is 1. The van der Waals surface area contributed by atoms with Crippen LogP contribution in [0.1, 0.15) is 68.1 Å². The summed E-state index contributed by atoms with van der Waals surface area (Å²) in [7, 11) is 0. The van der Waals surface area contributed by atoms with Gasteiger partial charge in [0, 0.05) is 30.4 Å². The van der Waals surface area contributed by atoms with Gasteiger partial charge in [0.1, 0.15) is 0 Å². The lowest BCUT2D eigenvalue weighted by atomic mass is 9.93. The molecule has 1 aromatic heterocycles. The number of likely N-dealkylation sites (tertiary alicyclic amines) is 1. The van der Waals surface area contributed by atoms with E-state index in [9.17, 15) is 9.59 Å². The molecule has 3 rings (SSSR count). The van der Waals surface area contributed by atoms with Gasteiger partial charge in [0.2, 0.25) is 11.8 Å². The van der Waals surface area contributed by atoms with Gasteiger partial charge in [-0.1, -0.05) is 51.1 Å². The zero-order valence-corrected chi connectivity index (χ0v) is 18.4. The zero-order chi connectivity index (χ0) is 20.8. The van der Waals surface area contributed by atoms with E-state index in [1.165, 1.54) is 0 Å². The van der Waals surface area contributed by atoms with Crippen molar-refractivity contribution in [2.24, 2.45) is 0 Å². The Morgan fingerprint density at radius 2 is 1.90 bits per heavy atom. The average Bonchev–Trinajstić information content (AvgIpc) is 3.18. The van der Waals surface area contributed by atoms with E-state index in [4.69, 9.17) is 0 Å². The van der Waals surface area contributed by atoms with Crippen LogP contribution in [0, 0.1) is 0 Å². The molecular formula is C23H31N3O2S. The number of hydrogen-bond donors (Lipinski definition) is 1. The minimum absolute atomic E-state index is 0.0195. The Kier molecular flexibility index (Phi) is 7.42. The predicted octanol–water partition coefficient (Wildman–Crippen LogP) is 4.11. The van der Waals surface area contributed by atoms with Crippen LogP contribution in [0.3, 0.4) is 0 Å². The largest absolute Gasteiger partial charge is 0.353 e. The highest BCUT2D eigenvalue weighted by Gasteiger charge is 2.28. The maximum absolute atomic E-state index is 13.0. The standard InChI is InChI=1S/C23H31N3O2S/c1-4-20(17-8-6-5-7-9-17)23(28)26-12-10-18(11-13-26)24-21(27)14-19-15-29-22(25-19)16(2)3/h5-9,15-16,18,20H,4,10-14H2,1-3H3,(H,24,27). The van der Waals surface area contributed by atoms with Crippen LogP contribution in [0.4, 0.5) is 0 Å². The first kappa shape index (κ1) is 21.5. The van der Waals surface area contributed by atoms with Crippen molar-refractivity contribution in [2.45, 2.75) is 64.3 Å². The number of carbonyl (C=O) groups excluding carboxylic acids is 2. The lowest BCUT2D eigenvalue weighted by Crippen LogP contribution is -2.48. The van der Waals surface area contributed by atoms with E-state index in [-0.39, 0.29) is 23.8 Å². The van der Waals surface area contributed by atoms with Gasteiger partial charge < -0.3 is 10.2 Å². The van der Waals surface area contributed by atoms with Gasteiger partial charge in [0.15, 0.2) is 0 Å². The van der Waals surface area contributed by atoms with Crippen LogP contribution in [0.5, 0.6) is 0 Å². The van der Waals surface area contributed by atoms with Crippen molar-refractivity contribution >= 4 is 23.2 Å². The number of nitrogens with one attached hydrogen (secondary N) is 1. The molecule has 6 heteroatoms. The maximum Gasteiger partial charge on any atom is 0.230 e. The topological polar surface area (TPSA) is 62.3 Å². The van der Waals surface area contributed by atoms with E-state index >= 15 is 0 Å². The van der Waals surface area contributed by atoms with Gasteiger partial charge in [-0.05, 0) is 24.8 Å². The summed E-state index contributed by atoms with van der Waals surface area (Å²) >= 11 is 1.62. The Morgan fingerprint density at radius 1 is 1.21 bits per heavy atom. The molecule has 5 nitrogen and oxygen atoms in total. The van der Waals surface area contributed by atoms with Crippen molar-refractivity contribution in [1.29, 1.82) is 0 Å².